The molecule has 0 saturated heterocycles. The highest BCUT2D eigenvalue weighted by Crippen LogP contribution is 2.29. The molecule has 6 heteroatoms. The summed E-state index contributed by atoms with van der Waals surface area (Å²) in [6.07, 6.45) is 0. The zero-order valence-electron chi connectivity index (χ0n) is 11.1. The quantitative estimate of drug-likeness (QED) is 0.767. The van der Waals surface area contributed by atoms with E-state index in [1.165, 1.54) is 17.4 Å². The van der Waals surface area contributed by atoms with E-state index in [9.17, 15) is 4.39 Å². The van der Waals surface area contributed by atoms with Crippen LogP contribution in [0.3, 0.4) is 0 Å². The van der Waals surface area contributed by atoms with Gasteiger partial charge in [0.15, 0.2) is 0 Å². The molecule has 0 saturated carbocycles. The molecule has 2 N–H and O–H groups in total. The van der Waals surface area contributed by atoms with Gasteiger partial charge in [0.05, 0.1) is 11.1 Å². The molecule has 2 heterocycles. The van der Waals surface area contributed by atoms with Gasteiger partial charge in [0, 0.05) is 7.05 Å². The minimum absolute atomic E-state index is 0.302. The van der Waals surface area contributed by atoms with E-state index < -0.39 is 0 Å². The predicted molar refractivity (Wildman–Crippen MR) is 81.4 cm³/mol. The minimum atomic E-state index is -0.302. The summed E-state index contributed by atoms with van der Waals surface area (Å²) in [5.74, 6) is 0.809. The summed E-state index contributed by atoms with van der Waals surface area (Å²) in [7, 11) is 1.76. The van der Waals surface area contributed by atoms with Gasteiger partial charge in [0.1, 0.15) is 16.5 Å². The number of nitrogens with zero attached hydrogens (tertiary/aromatic N) is 2. The molecule has 0 bridgehead atoms. The Morgan fingerprint density at radius 1 is 1.20 bits per heavy atom. The van der Waals surface area contributed by atoms with Crippen molar-refractivity contribution in [2.75, 3.05) is 17.7 Å². The van der Waals surface area contributed by atoms with Crippen molar-refractivity contribution in [3.05, 3.63) is 41.0 Å². The van der Waals surface area contributed by atoms with Crippen LogP contribution in [-0.2, 0) is 0 Å². The average Bonchev–Trinajstić information content (AvgIpc) is 2.91. The Hall–Kier alpha value is -2.21. The number of thiophene rings is 1. The molecule has 0 atom stereocenters. The first-order valence-electron chi connectivity index (χ1n) is 6.13. The summed E-state index contributed by atoms with van der Waals surface area (Å²) < 4.78 is 13.8. The van der Waals surface area contributed by atoms with Crippen molar-refractivity contribution in [1.82, 2.24) is 9.97 Å². The van der Waals surface area contributed by atoms with Crippen molar-refractivity contribution in [3.8, 4) is 0 Å². The second-order valence-electron chi connectivity index (χ2n) is 4.39. The number of aryl methyl sites for hydroxylation is 1. The third-order valence-corrected chi connectivity index (χ3v) is 3.73. The van der Waals surface area contributed by atoms with Crippen LogP contribution in [0, 0.1) is 12.7 Å². The monoisotopic (exact) mass is 288 g/mol. The van der Waals surface area contributed by atoms with Crippen molar-refractivity contribution >= 4 is 39.0 Å². The zero-order valence-corrected chi connectivity index (χ0v) is 11.9. The fourth-order valence-corrected chi connectivity index (χ4v) is 2.69. The summed E-state index contributed by atoms with van der Waals surface area (Å²) in [4.78, 5) is 9.58. The van der Waals surface area contributed by atoms with E-state index in [4.69, 9.17) is 0 Å². The van der Waals surface area contributed by atoms with E-state index in [0.717, 1.165) is 15.8 Å². The Bertz CT molecular complexity index is 769. The molecule has 0 unspecified atom stereocenters. The SMILES string of the molecule is CNc1nc(Nc2cc(C)ccc2F)c2ccsc2n1. The number of anilines is 3. The van der Waals surface area contributed by atoms with Gasteiger partial charge in [-0.1, -0.05) is 6.07 Å². The predicted octanol–water partition coefficient (Wildman–Crippen LogP) is 3.92. The van der Waals surface area contributed by atoms with Crippen LogP contribution < -0.4 is 10.6 Å². The fraction of sp³-hybridized carbons (Fsp3) is 0.143. The number of hydrogen-bond donors (Lipinski definition) is 2. The van der Waals surface area contributed by atoms with E-state index in [1.54, 1.807) is 19.2 Å². The minimum Gasteiger partial charge on any atom is -0.357 e. The Kier molecular flexibility index (Phi) is 3.23. The van der Waals surface area contributed by atoms with E-state index in [2.05, 4.69) is 20.6 Å². The molecule has 0 aliphatic heterocycles. The molecule has 0 aliphatic carbocycles. The lowest BCUT2D eigenvalue weighted by molar-refractivity contribution is 0.631. The number of fused-ring (bicyclic) bond motifs is 1. The van der Waals surface area contributed by atoms with Crippen LogP contribution in [0.1, 0.15) is 5.56 Å². The topological polar surface area (TPSA) is 49.8 Å². The number of aromatic nitrogens is 2. The highest BCUT2D eigenvalue weighted by atomic mass is 32.1. The van der Waals surface area contributed by atoms with Gasteiger partial charge >= 0.3 is 0 Å². The van der Waals surface area contributed by atoms with Crippen LogP contribution in [0.4, 0.5) is 21.8 Å². The van der Waals surface area contributed by atoms with E-state index in [0.29, 0.717) is 17.5 Å². The maximum absolute atomic E-state index is 13.8. The Labute approximate surface area is 119 Å². The summed E-state index contributed by atoms with van der Waals surface area (Å²) in [6, 6.07) is 6.87. The molecule has 0 fully saturated rings. The van der Waals surface area contributed by atoms with Crippen LogP contribution in [0.5, 0.6) is 0 Å². The summed E-state index contributed by atoms with van der Waals surface area (Å²) >= 11 is 1.52. The smallest absolute Gasteiger partial charge is 0.225 e. The van der Waals surface area contributed by atoms with E-state index >= 15 is 0 Å². The molecule has 3 rings (SSSR count). The van der Waals surface area contributed by atoms with Gasteiger partial charge in [-0.15, -0.1) is 11.3 Å². The number of benzene rings is 1. The molecular weight excluding hydrogens is 275 g/mol. The molecule has 4 nitrogen and oxygen atoms in total. The zero-order chi connectivity index (χ0) is 14.1. The first-order chi connectivity index (χ1) is 9.67. The van der Waals surface area contributed by atoms with Crippen molar-refractivity contribution < 1.29 is 4.39 Å². The first kappa shape index (κ1) is 12.8. The van der Waals surface area contributed by atoms with Gasteiger partial charge in [-0.25, -0.2) is 9.37 Å². The van der Waals surface area contributed by atoms with Crippen LogP contribution in [0.15, 0.2) is 29.6 Å². The van der Waals surface area contributed by atoms with E-state index in [1.807, 2.05) is 18.4 Å². The van der Waals surface area contributed by atoms with E-state index in [-0.39, 0.29) is 5.82 Å². The lowest BCUT2D eigenvalue weighted by atomic mass is 10.2. The third kappa shape index (κ3) is 2.30. The highest BCUT2D eigenvalue weighted by Gasteiger charge is 2.10. The molecule has 0 aliphatic rings. The Morgan fingerprint density at radius 3 is 2.85 bits per heavy atom. The largest absolute Gasteiger partial charge is 0.357 e. The van der Waals surface area contributed by atoms with Crippen molar-refractivity contribution in [1.29, 1.82) is 0 Å². The average molecular weight is 288 g/mol. The second kappa shape index (κ2) is 5.05. The molecule has 102 valence electrons. The molecule has 0 amide bonds. The number of halogens is 1. The molecule has 1 aromatic carbocycles. The molecule has 0 radical (unpaired) electrons. The molecular formula is C14H13FN4S. The van der Waals surface area contributed by atoms with Crippen molar-refractivity contribution in [2.45, 2.75) is 6.92 Å². The lowest BCUT2D eigenvalue weighted by Crippen LogP contribution is -2.02. The normalized spacial score (nSPS) is 10.8. The van der Waals surface area contributed by atoms with Crippen LogP contribution >= 0.6 is 11.3 Å². The fourth-order valence-electron chi connectivity index (χ4n) is 1.92. The molecule has 3 aromatic rings. The Morgan fingerprint density at radius 2 is 2.05 bits per heavy atom. The van der Waals surface area contributed by atoms with Gasteiger partial charge in [-0.2, -0.15) is 4.98 Å². The summed E-state index contributed by atoms with van der Waals surface area (Å²) in [6.45, 7) is 1.92. The summed E-state index contributed by atoms with van der Waals surface area (Å²) in [5.41, 5.74) is 1.40. The number of nitrogens with one attached hydrogen (secondary N) is 2. The van der Waals surface area contributed by atoms with Crippen LogP contribution in [0.25, 0.3) is 10.2 Å². The van der Waals surface area contributed by atoms with Crippen molar-refractivity contribution in [2.24, 2.45) is 0 Å². The van der Waals surface area contributed by atoms with Crippen LogP contribution in [-0.4, -0.2) is 17.0 Å². The third-order valence-electron chi connectivity index (χ3n) is 2.92. The standard InChI is InChI=1S/C14H13FN4S/c1-8-3-4-10(15)11(7-8)17-12-9-5-6-20-13(9)19-14(16-2)18-12/h3-7H,1-2H3,(H2,16,17,18,19). The number of rotatable bonds is 3. The Balaban J connectivity index is 2.09. The number of hydrogen-bond acceptors (Lipinski definition) is 5. The molecule has 20 heavy (non-hydrogen) atoms. The van der Waals surface area contributed by atoms with Gasteiger partial charge in [-0.05, 0) is 36.1 Å². The molecule has 2 aromatic heterocycles. The van der Waals surface area contributed by atoms with Crippen LogP contribution in [0.2, 0.25) is 0 Å². The van der Waals surface area contributed by atoms with Crippen molar-refractivity contribution in [3.63, 3.8) is 0 Å². The second-order valence-corrected chi connectivity index (χ2v) is 5.29. The molecule has 0 spiro atoms. The van der Waals surface area contributed by atoms with Gasteiger partial charge in [0.2, 0.25) is 5.95 Å². The van der Waals surface area contributed by atoms with Gasteiger partial charge in [0.25, 0.3) is 0 Å². The lowest BCUT2D eigenvalue weighted by Gasteiger charge is -2.10. The van der Waals surface area contributed by atoms with Gasteiger partial charge < -0.3 is 10.6 Å². The maximum atomic E-state index is 13.8. The maximum Gasteiger partial charge on any atom is 0.225 e. The highest BCUT2D eigenvalue weighted by molar-refractivity contribution is 7.16. The first-order valence-corrected chi connectivity index (χ1v) is 7.01. The van der Waals surface area contributed by atoms with Gasteiger partial charge in [-0.3, -0.25) is 0 Å². The summed E-state index contributed by atoms with van der Waals surface area (Å²) in [5, 5.41) is 8.79.